The molecule has 5 nitrogen and oxygen atoms in total. The molecule has 0 atom stereocenters. The molecule has 1 heterocycles. The first kappa shape index (κ1) is 17.6. The predicted molar refractivity (Wildman–Crippen MR) is 92.7 cm³/mol. The Bertz CT molecular complexity index is 480. The zero-order valence-electron chi connectivity index (χ0n) is 14.5. The number of hydrogen-bond acceptors (Lipinski definition) is 3. The topological polar surface area (TPSA) is 44.8 Å². The number of nitrogens with zero attached hydrogens (tertiary/aromatic N) is 2. The molecule has 1 aromatic carbocycles. The van der Waals surface area contributed by atoms with E-state index < -0.39 is 0 Å². The summed E-state index contributed by atoms with van der Waals surface area (Å²) in [5.74, 6) is 1.40. The van der Waals surface area contributed by atoms with Crippen LogP contribution < -0.4 is 10.1 Å². The van der Waals surface area contributed by atoms with E-state index in [1.165, 1.54) is 0 Å². The minimum Gasteiger partial charge on any atom is -0.493 e. The molecule has 0 aliphatic carbocycles. The number of rotatable bonds is 6. The molecular weight excluding hydrogens is 290 g/mol. The molecule has 0 bridgehead atoms. The summed E-state index contributed by atoms with van der Waals surface area (Å²) in [4.78, 5) is 16.4. The van der Waals surface area contributed by atoms with Crippen molar-refractivity contribution in [2.45, 2.75) is 27.3 Å². The first-order valence-corrected chi connectivity index (χ1v) is 8.55. The number of hydrogen-bond donors (Lipinski definition) is 1. The molecule has 5 heteroatoms. The first-order valence-electron chi connectivity index (χ1n) is 8.55. The fraction of sp³-hybridized carbons (Fsp3) is 0.611. The minimum atomic E-state index is 0.0286. The second kappa shape index (κ2) is 8.77. The van der Waals surface area contributed by atoms with Crippen LogP contribution in [0.15, 0.2) is 24.3 Å². The highest BCUT2D eigenvalue weighted by Gasteiger charge is 2.19. The van der Waals surface area contributed by atoms with Gasteiger partial charge in [-0.25, -0.2) is 4.79 Å². The lowest BCUT2D eigenvalue weighted by atomic mass is 10.2. The Morgan fingerprint density at radius 1 is 1.17 bits per heavy atom. The Labute approximate surface area is 139 Å². The third kappa shape index (κ3) is 5.75. The number of likely N-dealkylation sites (N-methyl/N-ethyl adjacent to an activating group) is 1. The molecular formula is C18H29N3O2. The average molecular weight is 319 g/mol. The standard InChI is InChI=1S/C18H29N3O2/c1-4-20-9-11-21(12-10-20)18(22)19-13-16-5-7-17(8-6-16)23-14-15(2)3/h5-8,15H,4,9-14H2,1-3H3,(H,19,22). The maximum atomic E-state index is 12.2. The van der Waals surface area contributed by atoms with Gasteiger partial charge in [0.1, 0.15) is 5.75 Å². The Hall–Kier alpha value is -1.75. The largest absolute Gasteiger partial charge is 0.493 e. The third-order valence-corrected chi connectivity index (χ3v) is 4.06. The highest BCUT2D eigenvalue weighted by Crippen LogP contribution is 2.13. The molecule has 1 aliphatic rings. The molecule has 0 unspecified atom stereocenters. The second-order valence-corrected chi connectivity index (χ2v) is 6.43. The summed E-state index contributed by atoms with van der Waals surface area (Å²) in [5, 5.41) is 3.00. The number of carbonyl (C=O) groups excluding carboxylic acids is 1. The van der Waals surface area contributed by atoms with E-state index in [0.717, 1.165) is 50.6 Å². The normalized spacial score (nSPS) is 15.7. The highest BCUT2D eigenvalue weighted by atomic mass is 16.5. The van der Waals surface area contributed by atoms with Crippen molar-refractivity contribution in [1.82, 2.24) is 15.1 Å². The number of carbonyl (C=O) groups is 1. The summed E-state index contributed by atoms with van der Waals surface area (Å²) < 4.78 is 5.66. The number of amides is 2. The van der Waals surface area contributed by atoms with Crippen LogP contribution in [0, 0.1) is 5.92 Å². The van der Waals surface area contributed by atoms with Crippen LogP contribution in [0.3, 0.4) is 0 Å². The second-order valence-electron chi connectivity index (χ2n) is 6.43. The zero-order chi connectivity index (χ0) is 16.7. The van der Waals surface area contributed by atoms with E-state index in [9.17, 15) is 4.79 Å². The summed E-state index contributed by atoms with van der Waals surface area (Å²) in [7, 11) is 0. The first-order chi connectivity index (χ1) is 11.1. The zero-order valence-corrected chi connectivity index (χ0v) is 14.5. The van der Waals surface area contributed by atoms with E-state index in [2.05, 4.69) is 31.0 Å². The lowest BCUT2D eigenvalue weighted by molar-refractivity contribution is 0.142. The minimum absolute atomic E-state index is 0.0286. The van der Waals surface area contributed by atoms with Crippen molar-refractivity contribution in [2.75, 3.05) is 39.3 Å². The van der Waals surface area contributed by atoms with E-state index in [1.807, 2.05) is 29.2 Å². The van der Waals surface area contributed by atoms with Gasteiger partial charge in [-0.05, 0) is 30.2 Å². The molecule has 1 N–H and O–H groups in total. The maximum Gasteiger partial charge on any atom is 0.317 e. The number of urea groups is 1. The van der Waals surface area contributed by atoms with Crippen molar-refractivity contribution in [3.8, 4) is 5.75 Å². The lowest BCUT2D eigenvalue weighted by Crippen LogP contribution is -2.51. The molecule has 1 aliphatic heterocycles. The molecule has 1 saturated heterocycles. The Kier molecular flexibility index (Phi) is 6.71. The van der Waals surface area contributed by atoms with E-state index in [1.54, 1.807) is 0 Å². The fourth-order valence-corrected chi connectivity index (χ4v) is 2.52. The van der Waals surface area contributed by atoms with Crippen LogP contribution in [0.4, 0.5) is 4.79 Å². The summed E-state index contributed by atoms with van der Waals surface area (Å²) in [5.41, 5.74) is 1.09. The van der Waals surface area contributed by atoms with Gasteiger partial charge in [0.15, 0.2) is 0 Å². The molecule has 0 radical (unpaired) electrons. The highest BCUT2D eigenvalue weighted by molar-refractivity contribution is 5.74. The Morgan fingerprint density at radius 3 is 2.39 bits per heavy atom. The Morgan fingerprint density at radius 2 is 1.83 bits per heavy atom. The van der Waals surface area contributed by atoms with E-state index in [0.29, 0.717) is 12.5 Å². The van der Waals surface area contributed by atoms with Crippen molar-refractivity contribution >= 4 is 6.03 Å². The van der Waals surface area contributed by atoms with Crippen LogP contribution in [0.25, 0.3) is 0 Å². The molecule has 0 spiro atoms. The number of nitrogens with one attached hydrogen (secondary N) is 1. The smallest absolute Gasteiger partial charge is 0.317 e. The van der Waals surface area contributed by atoms with Gasteiger partial charge in [0.05, 0.1) is 6.61 Å². The van der Waals surface area contributed by atoms with E-state index in [-0.39, 0.29) is 6.03 Å². The van der Waals surface area contributed by atoms with Crippen molar-refractivity contribution in [1.29, 1.82) is 0 Å². The fourth-order valence-electron chi connectivity index (χ4n) is 2.52. The predicted octanol–water partition coefficient (Wildman–Crippen LogP) is 2.57. The van der Waals surface area contributed by atoms with Gasteiger partial charge in [-0.2, -0.15) is 0 Å². The molecule has 0 saturated carbocycles. The van der Waals surface area contributed by atoms with Crippen LogP contribution in [0.5, 0.6) is 5.75 Å². The number of ether oxygens (including phenoxy) is 1. The van der Waals surface area contributed by atoms with Crippen molar-refractivity contribution in [2.24, 2.45) is 5.92 Å². The summed E-state index contributed by atoms with van der Waals surface area (Å²) in [6.07, 6.45) is 0. The lowest BCUT2D eigenvalue weighted by Gasteiger charge is -2.34. The van der Waals surface area contributed by atoms with Crippen molar-refractivity contribution in [3.63, 3.8) is 0 Å². The van der Waals surface area contributed by atoms with Gasteiger partial charge in [0.2, 0.25) is 0 Å². The quantitative estimate of drug-likeness (QED) is 0.876. The van der Waals surface area contributed by atoms with Crippen molar-refractivity contribution in [3.05, 3.63) is 29.8 Å². The molecule has 2 rings (SSSR count). The SMILES string of the molecule is CCN1CCN(C(=O)NCc2ccc(OCC(C)C)cc2)CC1. The van der Waals surface area contributed by atoms with Crippen molar-refractivity contribution < 1.29 is 9.53 Å². The molecule has 0 aromatic heterocycles. The molecule has 1 aromatic rings. The van der Waals surface area contributed by atoms with Gasteiger partial charge >= 0.3 is 6.03 Å². The van der Waals surface area contributed by atoms with Gasteiger partial charge in [0.25, 0.3) is 0 Å². The summed E-state index contributed by atoms with van der Waals surface area (Å²) in [6.45, 7) is 12.3. The molecule has 2 amide bonds. The van der Waals surface area contributed by atoms with E-state index >= 15 is 0 Å². The van der Waals surface area contributed by atoms with Crippen LogP contribution >= 0.6 is 0 Å². The summed E-state index contributed by atoms with van der Waals surface area (Å²) in [6, 6.07) is 7.96. The van der Waals surface area contributed by atoms with Crippen LogP contribution in [0.1, 0.15) is 26.3 Å². The van der Waals surface area contributed by atoms with Gasteiger partial charge in [0, 0.05) is 32.7 Å². The Balaban J connectivity index is 1.74. The van der Waals surface area contributed by atoms with Gasteiger partial charge < -0.3 is 19.9 Å². The number of piperazine rings is 1. The third-order valence-electron chi connectivity index (χ3n) is 4.06. The molecule has 1 fully saturated rings. The van der Waals surface area contributed by atoms with Crippen LogP contribution in [-0.2, 0) is 6.54 Å². The number of benzene rings is 1. The summed E-state index contributed by atoms with van der Waals surface area (Å²) >= 11 is 0. The van der Waals surface area contributed by atoms with Gasteiger partial charge in [-0.1, -0.05) is 32.9 Å². The molecule has 23 heavy (non-hydrogen) atoms. The molecule has 128 valence electrons. The monoisotopic (exact) mass is 319 g/mol. The van der Waals surface area contributed by atoms with Gasteiger partial charge in [-0.3, -0.25) is 0 Å². The van der Waals surface area contributed by atoms with Gasteiger partial charge in [-0.15, -0.1) is 0 Å². The average Bonchev–Trinajstić information content (AvgIpc) is 2.58. The van der Waals surface area contributed by atoms with Crippen LogP contribution in [-0.4, -0.2) is 55.2 Å². The maximum absolute atomic E-state index is 12.2. The van der Waals surface area contributed by atoms with Crippen LogP contribution in [0.2, 0.25) is 0 Å². The van der Waals surface area contributed by atoms with E-state index in [4.69, 9.17) is 4.74 Å².